The average molecular weight is 212 g/mol. The first-order chi connectivity index (χ1) is 7.35. The number of hydrogen-bond donors (Lipinski definition) is 1. The third-order valence-electron chi connectivity index (χ3n) is 3.87. The molecule has 0 aromatic heterocycles. The van der Waals surface area contributed by atoms with Gasteiger partial charge < -0.3 is 15.0 Å². The number of nitrogens with one attached hydrogen (secondary N) is 1. The number of hydrogen-bond acceptors (Lipinski definition) is 3. The summed E-state index contributed by atoms with van der Waals surface area (Å²) in [5, 5.41) is 3.45. The Morgan fingerprint density at radius 3 is 2.47 bits per heavy atom. The molecule has 2 rings (SSSR count). The standard InChI is InChI=1S/C12H24N2O/c1-15-11-12(4-6-13-7-5-12)10-14-8-2-3-9-14/h13H,2-11H2,1H3. The number of likely N-dealkylation sites (tertiary alicyclic amines) is 1. The molecule has 0 bridgehead atoms. The van der Waals surface area contributed by atoms with Crippen LogP contribution in [0.25, 0.3) is 0 Å². The minimum atomic E-state index is 0.435. The summed E-state index contributed by atoms with van der Waals surface area (Å²) in [4.78, 5) is 2.63. The lowest BCUT2D eigenvalue weighted by molar-refractivity contribution is 0.0280. The van der Waals surface area contributed by atoms with Crippen LogP contribution in [0, 0.1) is 5.41 Å². The van der Waals surface area contributed by atoms with Crippen LogP contribution in [0.3, 0.4) is 0 Å². The molecule has 2 aliphatic rings. The van der Waals surface area contributed by atoms with Crippen LogP contribution in [0.2, 0.25) is 0 Å². The van der Waals surface area contributed by atoms with Gasteiger partial charge >= 0.3 is 0 Å². The predicted molar refractivity (Wildman–Crippen MR) is 62.1 cm³/mol. The van der Waals surface area contributed by atoms with Crippen molar-refractivity contribution >= 4 is 0 Å². The van der Waals surface area contributed by atoms with E-state index in [1.807, 2.05) is 7.11 Å². The molecule has 0 atom stereocenters. The van der Waals surface area contributed by atoms with Crippen LogP contribution >= 0.6 is 0 Å². The molecule has 2 heterocycles. The predicted octanol–water partition coefficient (Wildman–Crippen LogP) is 1.10. The molecule has 0 amide bonds. The smallest absolute Gasteiger partial charge is 0.0531 e. The zero-order valence-corrected chi connectivity index (χ0v) is 9.93. The van der Waals surface area contributed by atoms with E-state index in [-0.39, 0.29) is 0 Å². The van der Waals surface area contributed by atoms with E-state index in [9.17, 15) is 0 Å². The van der Waals surface area contributed by atoms with E-state index >= 15 is 0 Å². The first-order valence-electron chi connectivity index (χ1n) is 6.27. The molecule has 2 fully saturated rings. The third-order valence-corrected chi connectivity index (χ3v) is 3.87. The molecular formula is C12H24N2O. The molecule has 0 radical (unpaired) electrons. The van der Waals surface area contributed by atoms with Crippen molar-refractivity contribution in [2.45, 2.75) is 25.7 Å². The lowest BCUT2D eigenvalue weighted by Crippen LogP contribution is -2.46. The molecule has 0 aliphatic carbocycles. The number of nitrogens with zero attached hydrogens (tertiary/aromatic N) is 1. The first kappa shape index (κ1) is 11.4. The Labute approximate surface area is 93.2 Å². The Morgan fingerprint density at radius 1 is 1.20 bits per heavy atom. The van der Waals surface area contributed by atoms with E-state index in [0.717, 1.165) is 19.7 Å². The molecule has 88 valence electrons. The molecule has 0 saturated carbocycles. The quantitative estimate of drug-likeness (QED) is 0.755. The maximum absolute atomic E-state index is 5.44. The SMILES string of the molecule is COCC1(CN2CCCC2)CCNCC1. The zero-order chi connectivity index (χ0) is 10.6. The lowest BCUT2D eigenvalue weighted by atomic mass is 9.79. The van der Waals surface area contributed by atoms with Crippen LogP contribution in [-0.2, 0) is 4.74 Å². The fraction of sp³-hybridized carbons (Fsp3) is 1.00. The van der Waals surface area contributed by atoms with Gasteiger partial charge in [-0.05, 0) is 51.9 Å². The molecule has 0 aromatic rings. The summed E-state index contributed by atoms with van der Waals surface area (Å²) < 4.78 is 5.44. The fourth-order valence-electron chi connectivity index (χ4n) is 3.03. The van der Waals surface area contributed by atoms with Crippen molar-refractivity contribution in [1.29, 1.82) is 0 Å². The Hall–Kier alpha value is -0.120. The largest absolute Gasteiger partial charge is 0.384 e. The van der Waals surface area contributed by atoms with Crippen molar-refractivity contribution in [2.75, 3.05) is 46.4 Å². The second-order valence-electron chi connectivity index (χ2n) is 5.17. The second-order valence-corrected chi connectivity index (χ2v) is 5.17. The van der Waals surface area contributed by atoms with Crippen molar-refractivity contribution in [1.82, 2.24) is 10.2 Å². The normalized spacial score (nSPS) is 27.0. The maximum atomic E-state index is 5.44. The van der Waals surface area contributed by atoms with Gasteiger partial charge in [0.25, 0.3) is 0 Å². The molecule has 3 nitrogen and oxygen atoms in total. The molecular weight excluding hydrogens is 188 g/mol. The van der Waals surface area contributed by atoms with Gasteiger partial charge in [0.05, 0.1) is 6.61 Å². The van der Waals surface area contributed by atoms with Crippen molar-refractivity contribution in [2.24, 2.45) is 5.41 Å². The van der Waals surface area contributed by atoms with Gasteiger partial charge in [-0.25, -0.2) is 0 Å². The highest BCUT2D eigenvalue weighted by Crippen LogP contribution is 2.31. The van der Waals surface area contributed by atoms with Gasteiger partial charge in [-0.1, -0.05) is 0 Å². The van der Waals surface area contributed by atoms with E-state index in [1.165, 1.54) is 45.3 Å². The van der Waals surface area contributed by atoms with Gasteiger partial charge in [0.1, 0.15) is 0 Å². The summed E-state index contributed by atoms with van der Waals surface area (Å²) in [5.41, 5.74) is 0.435. The Kier molecular flexibility index (Phi) is 4.00. The zero-order valence-electron chi connectivity index (χ0n) is 9.93. The highest BCUT2D eigenvalue weighted by Gasteiger charge is 2.34. The summed E-state index contributed by atoms with van der Waals surface area (Å²) in [6, 6.07) is 0. The highest BCUT2D eigenvalue weighted by atomic mass is 16.5. The molecule has 2 aliphatic heterocycles. The lowest BCUT2D eigenvalue weighted by Gasteiger charge is -2.39. The molecule has 3 heteroatoms. The topological polar surface area (TPSA) is 24.5 Å². The van der Waals surface area contributed by atoms with E-state index in [1.54, 1.807) is 0 Å². The molecule has 1 N–H and O–H groups in total. The molecule has 0 spiro atoms. The summed E-state index contributed by atoms with van der Waals surface area (Å²) in [7, 11) is 1.84. The van der Waals surface area contributed by atoms with Crippen LogP contribution in [-0.4, -0.2) is 51.3 Å². The van der Waals surface area contributed by atoms with Crippen LogP contribution < -0.4 is 5.32 Å². The third kappa shape index (κ3) is 2.92. The minimum Gasteiger partial charge on any atom is -0.384 e. The monoisotopic (exact) mass is 212 g/mol. The Morgan fingerprint density at radius 2 is 1.87 bits per heavy atom. The number of methoxy groups -OCH3 is 1. The summed E-state index contributed by atoms with van der Waals surface area (Å²) in [6.45, 7) is 7.12. The van der Waals surface area contributed by atoms with Crippen molar-refractivity contribution < 1.29 is 4.74 Å². The Bertz CT molecular complexity index is 179. The van der Waals surface area contributed by atoms with Crippen molar-refractivity contribution in [3.05, 3.63) is 0 Å². The van der Waals surface area contributed by atoms with Gasteiger partial charge in [-0.2, -0.15) is 0 Å². The molecule has 0 aromatic carbocycles. The number of rotatable bonds is 4. The number of ether oxygens (including phenoxy) is 1. The number of piperidine rings is 1. The van der Waals surface area contributed by atoms with Crippen LogP contribution in [0.4, 0.5) is 0 Å². The van der Waals surface area contributed by atoms with Crippen LogP contribution in [0.1, 0.15) is 25.7 Å². The van der Waals surface area contributed by atoms with Gasteiger partial charge in [0.15, 0.2) is 0 Å². The maximum Gasteiger partial charge on any atom is 0.0531 e. The van der Waals surface area contributed by atoms with Crippen molar-refractivity contribution in [3.8, 4) is 0 Å². The summed E-state index contributed by atoms with van der Waals surface area (Å²) in [5.74, 6) is 0. The van der Waals surface area contributed by atoms with E-state index < -0.39 is 0 Å². The van der Waals surface area contributed by atoms with E-state index in [2.05, 4.69) is 10.2 Å². The summed E-state index contributed by atoms with van der Waals surface area (Å²) in [6.07, 6.45) is 5.33. The molecule has 2 saturated heterocycles. The average Bonchev–Trinajstić information content (AvgIpc) is 2.72. The second kappa shape index (κ2) is 5.28. The first-order valence-corrected chi connectivity index (χ1v) is 6.27. The molecule has 15 heavy (non-hydrogen) atoms. The van der Waals surface area contributed by atoms with Gasteiger partial charge in [-0.3, -0.25) is 0 Å². The van der Waals surface area contributed by atoms with E-state index in [0.29, 0.717) is 5.41 Å². The Balaban J connectivity index is 1.90. The summed E-state index contributed by atoms with van der Waals surface area (Å²) >= 11 is 0. The minimum absolute atomic E-state index is 0.435. The van der Waals surface area contributed by atoms with Gasteiger partial charge in [0.2, 0.25) is 0 Å². The fourth-order valence-corrected chi connectivity index (χ4v) is 3.03. The van der Waals surface area contributed by atoms with Crippen molar-refractivity contribution in [3.63, 3.8) is 0 Å². The molecule has 0 unspecified atom stereocenters. The van der Waals surface area contributed by atoms with Crippen LogP contribution in [0.15, 0.2) is 0 Å². The van der Waals surface area contributed by atoms with Gasteiger partial charge in [0, 0.05) is 19.1 Å². The van der Waals surface area contributed by atoms with E-state index in [4.69, 9.17) is 4.74 Å². The highest BCUT2D eigenvalue weighted by molar-refractivity contribution is 4.88. The van der Waals surface area contributed by atoms with Crippen LogP contribution in [0.5, 0.6) is 0 Å². The van der Waals surface area contributed by atoms with Gasteiger partial charge in [-0.15, -0.1) is 0 Å².